The molecule has 1 saturated carbocycles. The molecule has 1 amide bonds. The zero-order valence-corrected chi connectivity index (χ0v) is 15.9. The standard InChI is InChI=1S/C18H21Cl2N5O/c1-9-14(12-3-2-4-13(19)15(12)20)16(17(22)26)25-18(23-9)24-11-7-5-10(21)6-8-11/h2-4,10-11H,5-8,21H2,1H3,(H2,22,26)(H,23,24,25). The summed E-state index contributed by atoms with van der Waals surface area (Å²) in [7, 11) is 0. The van der Waals surface area contributed by atoms with Gasteiger partial charge in [-0.05, 0) is 38.7 Å². The molecule has 2 aromatic rings. The number of amides is 1. The third-order valence-corrected chi connectivity index (χ3v) is 5.47. The molecule has 0 aliphatic heterocycles. The maximum absolute atomic E-state index is 12.0. The Bertz CT molecular complexity index is 835. The summed E-state index contributed by atoms with van der Waals surface area (Å²) in [4.78, 5) is 20.9. The lowest BCUT2D eigenvalue weighted by Crippen LogP contribution is -2.33. The number of hydrogen-bond acceptors (Lipinski definition) is 5. The molecule has 8 heteroatoms. The average Bonchev–Trinajstić information content (AvgIpc) is 2.59. The van der Waals surface area contributed by atoms with Crippen LogP contribution in [0.5, 0.6) is 0 Å². The number of nitrogens with two attached hydrogens (primary N) is 2. The topological polar surface area (TPSA) is 107 Å². The fourth-order valence-electron chi connectivity index (χ4n) is 3.28. The summed E-state index contributed by atoms with van der Waals surface area (Å²) in [6.45, 7) is 1.79. The number of aryl methyl sites for hydroxylation is 1. The van der Waals surface area contributed by atoms with Gasteiger partial charge < -0.3 is 16.8 Å². The van der Waals surface area contributed by atoms with E-state index >= 15 is 0 Å². The van der Waals surface area contributed by atoms with E-state index in [9.17, 15) is 4.79 Å². The maximum Gasteiger partial charge on any atom is 0.268 e. The largest absolute Gasteiger partial charge is 0.364 e. The van der Waals surface area contributed by atoms with Crippen molar-refractivity contribution < 1.29 is 4.79 Å². The SMILES string of the molecule is Cc1nc(NC2CCC(N)CC2)nc(C(N)=O)c1-c1cccc(Cl)c1Cl. The summed E-state index contributed by atoms with van der Waals surface area (Å²) in [5, 5.41) is 4.02. The van der Waals surface area contributed by atoms with Crippen LogP contribution in [-0.2, 0) is 0 Å². The molecule has 3 rings (SSSR count). The number of nitrogens with one attached hydrogen (secondary N) is 1. The van der Waals surface area contributed by atoms with E-state index in [-0.39, 0.29) is 17.8 Å². The summed E-state index contributed by atoms with van der Waals surface area (Å²) in [5.41, 5.74) is 13.3. The van der Waals surface area contributed by atoms with Crippen LogP contribution in [0.25, 0.3) is 11.1 Å². The Balaban J connectivity index is 1.99. The Hall–Kier alpha value is -1.89. The highest BCUT2D eigenvalue weighted by Crippen LogP contribution is 2.36. The van der Waals surface area contributed by atoms with E-state index in [4.69, 9.17) is 34.7 Å². The lowest BCUT2D eigenvalue weighted by Gasteiger charge is -2.27. The van der Waals surface area contributed by atoms with Gasteiger partial charge in [-0.15, -0.1) is 0 Å². The van der Waals surface area contributed by atoms with Gasteiger partial charge >= 0.3 is 0 Å². The highest BCUT2D eigenvalue weighted by atomic mass is 35.5. The monoisotopic (exact) mass is 393 g/mol. The molecule has 1 aliphatic carbocycles. The number of carbonyl (C=O) groups is 1. The summed E-state index contributed by atoms with van der Waals surface area (Å²) in [6, 6.07) is 5.68. The van der Waals surface area contributed by atoms with Crippen LogP contribution in [0, 0.1) is 6.92 Å². The zero-order valence-electron chi connectivity index (χ0n) is 14.4. The van der Waals surface area contributed by atoms with E-state index in [0.717, 1.165) is 25.7 Å². The molecule has 1 fully saturated rings. The zero-order chi connectivity index (χ0) is 18.8. The molecule has 138 valence electrons. The molecule has 0 saturated heterocycles. The number of benzene rings is 1. The molecule has 1 aliphatic rings. The highest BCUT2D eigenvalue weighted by molar-refractivity contribution is 6.43. The van der Waals surface area contributed by atoms with Crippen LogP contribution in [0.2, 0.25) is 10.0 Å². The molecule has 1 aromatic heterocycles. The van der Waals surface area contributed by atoms with Gasteiger partial charge in [-0.1, -0.05) is 35.3 Å². The van der Waals surface area contributed by atoms with Crippen molar-refractivity contribution in [3.05, 3.63) is 39.6 Å². The minimum absolute atomic E-state index is 0.122. The first kappa shape index (κ1) is 18.9. The molecule has 0 bridgehead atoms. The third-order valence-electron chi connectivity index (χ3n) is 4.65. The van der Waals surface area contributed by atoms with Crippen LogP contribution in [0.15, 0.2) is 18.2 Å². The van der Waals surface area contributed by atoms with Crippen LogP contribution in [0.4, 0.5) is 5.95 Å². The number of anilines is 1. The van der Waals surface area contributed by atoms with Gasteiger partial charge in [-0.2, -0.15) is 0 Å². The van der Waals surface area contributed by atoms with Crippen LogP contribution in [-0.4, -0.2) is 28.0 Å². The van der Waals surface area contributed by atoms with E-state index in [1.165, 1.54) is 0 Å². The van der Waals surface area contributed by atoms with Crippen LogP contribution in [0.3, 0.4) is 0 Å². The number of nitrogens with zero attached hydrogens (tertiary/aromatic N) is 2. The van der Waals surface area contributed by atoms with E-state index in [1.54, 1.807) is 25.1 Å². The van der Waals surface area contributed by atoms with Crippen molar-refractivity contribution in [1.82, 2.24) is 9.97 Å². The first-order valence-corrected chi connectivity index (χ1v) is 9.27. The predicted octanol–water partition coefficient (Wildman–Crippen LogP) is 3.54. The minimum atomic E-state index is -0.643. The minimum Gasteiger partial charge on any atom is -0.364 e. The lowest BCUT2D eigenvalue weighted by molar-refractivity contribution is 0.0996. The van der Waals surface area contributed by atoms with E-state index in [1.807, 2.05) is 0 Å². The Kier molecular flexibility index (Phi) is 5.65. The molecule has 1 heterocycles. The number of halogens is 2. The smallest absolute Gasteiger partial charge is 0.268 e. The van der Waals surface area contributed by atoms with Crippen molar-refractivity contribution >= 4 is 35.1 Å². The lowest BCUT2D eigenvalue weighted by atomic mass is 9.92. The van der Waals surface area contributed by atoms with Gasteiger partial charge in [0.2, 0.25) is 5.95 Å². The second kappa shape index (κ2) is 7.78. The molecule has 0 spiro atoms. The number of carbonyl (C=O) groups excluding carboxylic acids is 1. The number of rotatable bonds is 4. The second-order valence-electron chi connectivity index (χ2n) is 6.58. The Morgan fingerprint density at radius 1 is 1.19 bits per heavy atom. The Morgan fingerprint density at radius 2 is 1.88 bits per heavy atom. The van der Waals surface area contributed by atoms with Gasteiger partial charge in [0.25, 0.3) is 5.91 Å². The fourth-order valence-corrected chi connectivity index (χ4v) is 3.68. The summed E-state index contributed by atoms with van der Waals surface area (Å²) < 4.78 is 0. The fraction of sp³-hybridized carbons (Fsp3) is 0.389. The van der Waals surface area contributed by atoms with Gasteiger partial charge in [0.05, 0.1) is 15.7 Å². The molecule has 6 nitrogen and oxygen atoms in total. The van der Waals surface area contributed by atoms with Crippen molar-refractivity contribution in [2.45, 2.75) is 44.7 Å². The van der Waals surface area contributed by atoms with Crippen LogP contribution in [0.1, 0.15) is 41.9 Å². The number of hydrogen-bond donors (Lipinski definition) is 3. The average molecular weight is 394 g/mol. The molecular weight excluding hydrogens is 373 g/mol. The van der Waals surface area contributed by atoms with Crippen molar-refractivity contribution in [2.24, 2.45) is 11.5 Å². The van der Waals surface area contributed by atoms with Crippen molar-refractivity contribution in [3.63, 3.8) is 0 Å². The molecular formula is C18H21Cl2N5O. The second-order valence-corrected chi connectivity index (χ2v) is 7.36. The summed E-state index contributed by atoms with van der Waals surface area (Å²) >= 11 is 12.4. The van der Waals surface area contributed by atoms with Crippen molar-refractivity contribution in [3.8, 4) is 11.1 Å². The van der Waals surface area contributed by atoms with Gasteiger partial charge in [0.1, 0.15) is 5.69 Å². The quantitative estimate of drug-likeness (QED) is 0.735. The predicted molar refractivity (Wildman–Crippen MR) is 105 cm³/mol. The first-order chi connectivity index (χ1) is 12.4. The van der Waals surface area contributed by atoms with E-state index in [2.05, 4.69) is 15.3 Å². The molecule has 0 radical (unpaired) electrons. The molecule has 5 N–H and O–H groups in total. The Labute approximate surface area is 162 Å². The number of primary amides is 1. The number of aromatic nitrogens is 2. The molecule has 0 unspecified atom stereocenters. The molecule has 1 aromatic carbocycles. The van der Waals surface area contributed by atoms with Crippen LogP contribution >= 0.6 is 23.2 Å². The van der Waals surface area contributed by atoms with Crippen molar-refractivity contribution in [2.75, 3.05) is 5.32 Å². The van der Waals surface area contributed by atoms with Gasteiger partial charge in [0.15, 0.2) is 0 Å². The highest BCUT2D eigenvalue weighted by Gasteiger charge is 2.23. The third kappa shape index (κ3) is 3.92. The summed E-state index contributed by atoms with van der Waals surface area (Å²) in [5.74, 6) is -0.256. The first-order valence-electron chi connectivity index (χ1n) is 8.51. The molecule has 26 heavy (non-hydrogen) atoms. The van der Waals surface area contributed by atoms with Gasteiger partial charge in [0, 0.05) is 23.2 Å². The normalized spacial score (nSPS) is 20.0. The molecule has 0 atom stereocenters. The maximum atomic E-state index is 12.0. The van der Waals surface area contributed by atoms with E-state index in [0.29, 0.717) is 32.8 Å². The van der Waals surface area contributed by atoms with Gasteiger partial charge in [-0.3, -0.25) is 4.79 Å². The summed E-state index contributed by atoms with van der Waals surface area (Å²) in [6.07, 6.45) is 3.79. The van der Waals surface area contributed by atoms with Crippen LogP contribution < -0.4 is 16.8 Å². The van der Waals surface area contributed by atoms with E-state index < -0.39 is 5.91 Å². The van der Waals surface area contributed by atoms with Crippen molar-refractivity contribution in [1.29, 1.82) is 0 Å². The Morgan fingerprint density at radius 3 is 2.54 bits per heavy atom. The van der Waals surface area contributed by atoms with Gasteiger partial charge in [-0.25, -0.2) is 9.97 Å².